The number of nitrogens with zero attached hydrogens (tertiary/aromatic N) is 1. The van der Waals surface area contributed by atoms with Crippen LogP contribution in [0.2, 0.25) is 0 Å². The van der Waals surface area contributed by atoms with Crippen LogP contribution in [0, 0.1) is 0 Å². The number of benzene rings is 2. The third-order valence-electron chi connectivity index (χ3n) is 3.37. The van der Waals surface area contributed by atoms with Gasteiger partial charge < -0.3 is 4.55 Å². The number of hydrogen-bond acceptors (Lipinski definition) is 3. The average molecular weight is 303 g/mol. The molecule has 0 aliphatic carbocycles. The number of rotatable bonds is 5. The van der Waals surface area contributed by atoms with Crippen LogP contribution in [0.1, 0.15) is 0 Å². The van der Waals surface area contributed by atoms with Crippen molar-refractivity contribution in [3.05, 3.63) is 54.6 Å². The Labute approximate surface area is 127 Å². The lowest BCUT2D eigenvalue weighted by Gasteiger charge is -2.22. The largest absolute Gasteiger partial charge is 0.593 e. The number of thioether (sulfide) groups is 1. The average Bonchev–Trinajstić information content (AvgIpc) is 3.31. The van der Waals surface area contributed by atoms with Gasteiger partial charge in [-0.25, -0.2) is 0 Å². The van der Waals surface area contributed by atoms with Crippen LogP contribution in [0.3, 0.4) is 0 Å². The van der Waals surface area contributed by atoms with Crippen molar-refractivity contribution in [3.8, 4) is 11.1 Å². The van der Waals surface area contributed by atoms with Gasteiger partial charge in [-0.15, -0.1) is 0 Å². The molecule has 0 aromatic heterocycles. The Morgan fingerprint density at radius 2 is 1.70 bits per heavy atom. The molecule has 2 aromatic carbocycles. The molecule has 20 heavy (non-hydrogen) atoms. The Hall–Kier alpha value is -1.10. The van der Waals surface area contributed by atoms with Gasteiger partial charge in [0.2, 0.25) is 0 Å². The van der Waals surface area contributed by atoms with E-state index < -0.39 is 11.4 Å². The normalized spacial score (nSPS) is 18.6. The molecule has 4 heteroatoms. The maximum absolute atomic E-state index is 12.2. The molecule has 1 aliphatic heterocycles. The van der Waals surface area contributed by atoms with Crippen molar-refractivity contribution in [2.24, 2.45) is 0 Å². The molecule has 2 unspecified atom stereocenters. The van der Waals surface area contributed by atoms with Crippen LogP contribution < -0.4 is 4.31 Å². The molecule has 2 atom stereocenters. The fourth-order valence-electron chi connectivity index (χ4n) is 2.05. The van der Waals surface area contributed by atoms with Gasteiger partial charge in [-0.3, -0.25) is 0 Å². The summed E-state index contributed by atoms with van der Waals surface area (Å²) < 4.78 is 14.0. The fraction of sp³-hybridized carbons (Fsp3) is 0.250. The second-order valence-electron chi connectivity index (χ2n) is 4.85. The summed E-state index contributed by atoms with van der Waals surface area (Å²) in [7, 11) is 1.90. The maximum Gasteiger partial charge on any atom is 0.143 e. The molecule has 1 saturated heterocycles. The van der Waals surface area contributed by atoms with E-state index in [1.807, 2.05) is 53.4 Å². The second kappa shape index (κ2) is 6.12. The Bertz CT molecular complexity index is 554. The topological polar surface area (TPSA) is 26.3 Å². The van der Waals surface area contributed by atoms with Crippen LogP contribution in [-0.4, -0.2) is 28.4 Å². The van der Waals surface area contributed by atoms with Crippen molar-refractivity contribution >= 4 is 28.8 Å². The summed E-state index contributed by atoms with van der Waals surface area (Å²) in [5, 5.41) is 0.599. The van der Waals surface area contributed by atoms with Crippen molar-refractivity contribution in [2.45, 2.75) is 5.25 Å². The summed E-state index contributed by atoms with van der Waals surface area (Å²) in [4.78, 5) is 0. The summed E-state index contributed by atoms with van der Waals surface area (Å²) in [6, 6.07) is 18.6. The number of anilines is 1. The van der Waals surface area contributed by atoms with Gasteiger partial charge in [0.25, 0.3) is 0 Å². The van der Waals surface area contributed by atoms with Gasteiger partial charge in [-0.2, -0.15) is 16.1 Å². The van der Waals surface area contributed by atoms with Gasteiger partial charge in [0.05, 0.1) is 29.3 Å². The molecule has 0 radical (unpaired) electrons. The highest BCUT2D eigenvalue weighted by molar-refractivity contribution is 8.08. The first-order chi connectivity index (χ1) is 9.74. The van der Waals surface area contributed by atoms with Gasteiger partial charge in [-0.05, 0) is 23.3 Å². The van der Waals surface area contributed by atoms with Crippen LogP contribution in [0.4, 0.5) is 5.69 Å². The molecule has 0 bridgehead atoms. The summed E-state index contributed by atoms with van der Waals surface area (Å²) in [5.41, 5.74) is 3.40. The van der Waals surface area contributed by atoms with Crippen LogP contribution >= 0.6 is 11.8 Å². The van der Waals surface area contributed by atoms with E-state index in [4.69, 9.17) is 0 Å². The smallest absolute Gasteiger partial charge is 0.143 e. The van der Waals surface area contributed by atoms with Crippen LogP contribution in [-0.2, 0) is 11.4 Å². The molecule has 0 N–H and O–H groups in total. The van der Waals surface area contributed by atoms with E-state index in [0.29, 0.717) is 5.25 Å². The van der Waals surface area contributed by atoms with E-state index in [1.165, 1.54) is 11.1 Å². The van der Waals surface area contributed by atoms with Crippen LogP contribution in [0.25, 0.3) is 11.1 Å². The predicted octanol–water partition coefficient (Wildman–Crippen LogP) is 3.57. The number of hydrogen-bond donors (Lipinski definition) is 0. The van der Waals surface area contributed by atoms with E-state index >= 15 is 0 Å². The first-order valence-electron chi connectivity index (χ1n) is 6.63. The lowest BCUT2D eigenvalue weighted by Crippen LogP contribution is -2.30. The van der Waals surface area contributed by atoms with Gasteiger partial charge in [-0.1, -0.05) is 42.5 Å². The molecule has 2 nitrogen and oxygen atoms in total. The highest BCUT2D eigenvalue weighted by Gasteiger charge is 2.30. The van der Waals surface area contributed by atoms with Gasteiger partial charge in [0.1, 0.15) is 5.75 Å². The quantitative estimate of drug-likeness (QED) is 0.624. The van der Waals surface area contributed by atoms with Gasteiger partial charge >= 0.3 is 0 Å². The summed E-state index contributed by atoms with van der Waals surface area (Å²) in [5.74, 6) is 1.92. The molecule has 0 saturated carbocycles. The Morgan fingerprint density at radius 1 is 1.10 bits per heavy atom. The van der Waals surface area contributed by atoms with E-state index in [-0.39, 0.29) is 0 Å². The van der Waals surface area contributed by atoms with E-state index in [1.54, 1.807) is 0 Å². The van der Waals surface area contributed by atoms with Crippen molar-refractivity contribution in [2.75, 3.05) is 22.9 Å². The minimum absolute atomic E-state index is 0.599. The molecule has 1 fully saturated rings. The van der Waals surface area contributed by atoms with Crippen LogP contribution in [0.15, 0.2) is 54.6 Å². The standard InChI is InChI=1S/C16H17NOS2/c1-17(20(18)12-16-11-19-16)15-9-7-14(8-10-15)13-5-3-2-4-6-13/h2-10,16H,11-12H2,1H3. The highest BCUT2D eigenvalue weighted by atomic mass is 32.2. The molecule has 3 rings (SSSR count). The molecular formula is C16H17NOS2. The predicted molar refractivity (Wildman–Crippen MR) is 89.5 cm³/mol. The first-order valence-corrected chi connectivity index (χ1v) is 8.96. The molecule has 1 heterocycles. The van der Waals surface area contributed by atoms with E-state index in [2.05, 4.69) is 24.3 Å². The molecule has 104 valence electrons. The van der Waals surface area contributed by atoms with E-state index in [0.717, 1.165) is 17.2 Å². The Morgan fingerprint density at radius 3 is 2.30 bits per heavy atom. The first kappa shape index (κ1) is 13.9. The van der Waals surface area contributed by atoms with E-state index in [9.17, 15) is 4.55 Å². The second-order valence-corrected chi connectivity index (χ2v) is 7.71. The van der Waals surface area contributed by atoms with Gasteiger partial charge in [0, 0.05) is 5.75 Å². The summed E-state index contributed by atoms with van der Waals surface area (Å²) in [6.45, 7) is 0. The lowest BCUT2D eigenvalue weighted by atomic mass is 10.1. The molecule has 0 amide bonds. The zero-order valence-electron chi connectivity index (χ0n) is 11.4. The fourth-order valence-corrected chi connectivity index (χ4v) is 4.20. The SMILES string of the molecule is CN(c1ccc(-c2ccccc2)cc1)[S+]([O-])CC1CS1. The van der Waals surface area contributed by atoms with Gasteiger partial charge in [0.15, 0.2) is 0 Å². The van der Waals surface area contributed by atoms with Crippen molar-refractivity contribution < 1.29 is 4.55 Å². The van der Waals surface area contributed by atoms with Crippen molar-refractivity contribution in [1.82, 2.24) is 0 Å². The van der Waals surface area contributed by atoms with Crippen LogP contribution in [0.5, 0.6) is 0 Å². The summed E-state index contributed by atoms with van der Waals surface area (Å²) >= 11 is 0.967. The minimum atomic E-state index is -0.922. The summed E-state index contributed by atoms with van der Waals surface area (Å²) in [6.07, 6.45) is 0. The maximum atomic E-state index is 12.2. The zero-order valence-corrected chi connectivity index (χ0v) is 13.0. The molecule has 0 spiro atoms. The molecule has 2 aromatic rings. The zero-order chi connectivity index (χ0) is 13.9. The lowest BCUT2D eigenvalue weighted by molar-refractivity contribution is 0.593. The third kappa shape index (κ3) is 3.32. The van der Waals surface area contributed by atoms with Crippen molar-refractivity contribution in [3.63, 3.8) is 0 Å². The third-order valence-corrected chi connectivity index (χ3v) is 6.07. The highest BCUT2D eigenvalue weighted by Crippen LogP contribution is 2.32. The minimum Gasteiger partial charge on any atom is -0.593 e. The monoisotopic (exact) mass is 303 g/mol. The Balaban J connectivity index is 1.72. The molecular weight excluding hydrogens is 286 g/mol. The Kier molecular flexibility index (Phi) is 4.24. The van der Waals surface area contributed by atoms with Crippen molar-refractivity contribution in [1.29, 1.82) is 0 Å². The molecule has 1 aliphatic rings.